The van der Waals surface area contributed by atoms with Crippen LogP contribution in [0.25, 0.3) is 10.6 Å². The Hall–Kier alpha value is -2.53. The molecule has 0 spiro atoms. The molecule has 9 nitrogen and oxygen atoms in total. The molecule has 0 radical (unpaired) electrons. The highest BCUT2D eigenvalue weighted by Crippen LogP contribution is 2.30. The fourth-order valence-corrected chi connectivity index (χ4v) is 4.81. The summed E-state index contributed by atoms with van der Waals surface area (Å²) in [5.74, 6) is 1.57. The van der Waals surface area contributed by atoms with E-state index in [0.29, 0.717) is 28.4 Å². The van der Waals surface area contributed by atoms with Crippen molar-refractivity contribution in [3.8, 4) is 16.6 Å². The van der Waals surface area contributed by atoms with Gasteiger partial charge in [-0.15, -0.1) is 4.37 Å². The van der Waals surface area contributed by atoms with E-state index in [1.807, 2.05) is 6.07 Å². The van der Waals surface area contributed by atoms with Crippen LogP contribution in [0.4, 0.5) is 5.88 Å². The van der Waals surface area contributed by atoms with Crippen LogP contribution in [0.1, 0.15) is 45.2 Å². The van der Waals surface area contributed by atoms with E-state index >= 15 is 0 Å². The van der Waals surface area contributed by atoms with Gasteiger partial charge in [-0.05, 0) is 55.3 Å². The summed E-state index contributed by atoms with van der Waals surface area (Å²) in [7, 11) is -3.33. The number of anilines is 1. The van der Waals surface area contributed by atoms with Crippen molar-refractivity contribution in [1.82, 2.24) is 19.5 Å². The van der Waals surface area contributed by atoms with Crippen molar-refractivity contribution < 1.29 is 17.7 Å². The third-order valence-corrected chi connectivity index (χ3v) is 7.43. The molecule has 3 aromatic heterocycles. The summed E-state index contributed by atoms with van der Waals surface area (Å²) < 4.78 is 39.0. The predicted octanol–water partition coefficient (Wildman–Crippen LogP) is 3.80. The van der Waals surface area contributed by atoms with Gasteiger partial charge in [-0.25, -0.2) is 13.4 Å². The first kappa shape index (κ1) is 22.7. The van der Waals surface area contributed by atoms with E-state index in [1.165, 1.54) is 23.8 Å². The van der Waals surface area contributed by atoms with Crippen molar-refractivity contribution in [3.05, 3.63) is 30.1 Å². The molecule has 32 heavy (non-hydrogen) atoms. The molecule has 0 amide bonds. The number of rotatable bonds is 7. The van der Waals surface area contributed by atoms with Crippen molar-refractivity contribution in [1.29, 1.82) is 0 Å². The summed E-state index contributed by atoms with van der Waals surface area (Å²) in [6, 6.07) is 5.52. The fraction of sp³-hybridized carbons (Fsp3) is 0.524. The van der Waals surface area contributed by atoms with Crippen LogP contribution < -0.4 is 9.64 Å². The summed E-state index contributed by atoms with van der Waals surface area (Å²) in [5.41, 5.74) is 1.68. The maximum absolute atomic E-state index is 11.6. The van der Waals surface area contributed by atoms with Crippen molar-refractivity contribution in [2.75, 3.05) is 24.2 Å². The number of hydrogen-bond acceptors (Lipinski definition) is 10. The van der Waals surface area contributed by atoms with E-state index in [1.54, 1.807) is 6.07 Å². The number of pyridine rings is 1. The summed E-state index contributed by atoms with van der Waals surface area (Å²) in [5, 5.41) is 4.83. The lowest BCUT2D eigenvalue weighted by atomic mass is 9.92. The minimum absolute atomic E-state index is 0.0220. The Morgan fingerprint density at radius 2 is 1.97 bits per heavy atom. The lowest BCUT2D eigenvalue weighted by Crippen LogP contribution is -2.38. The second-order valence-corrected chi connectivity index (χ2v) is 11.1. The van der Waals surface area contributed by atoms with Gasteiger partial charge in [-0.3, -0.25) is 0 Å². The molecule has 1 aliphatic rings. The summed E-state index contributed by atoms with van der Waals surface area (Å²) in [4.78, 5) is 10.7. The van der Waals surface area contributed by atoms with E-state index in [0.717, 1.165) is 43.8 Å². The summed E-state index contributed by atoms with van der Waals surface area (Å²) in [6.45, 7) is 8.03. The molecular formula is C21H27N5O4S2. The maximum atomic E-state index is 11.6. The Balaban J connectivity index is 1.33. The van der Waals surface area contributed by atoms with E-state index < -0.39 is 9.84 Å². The molecule has 1 unspecified atom stereocenters. The quantitative estimate of drug-likeness (QED) is 0.501. The normalized spacial score (nSPS) is 16.5. The number of hydrogen-bond donors (Lipinski definition) is 0. The van der Waals surface area contributed by atoms with Gasteiger partial charge in [0.05, 0.1) is 5.69 Å². The molecule has 1 aliphatic heterocycles. The highest BCUT2D eigenvalue weighted by atomic mass is 32.2. The van der Waals surface area contributed by atoms with Crippen LogP contribution >= 0.6 is 11.5 Å². The molecule has 0 aliphatic carbocycles. The third-order valence-electron chi connectivity index (χ3n) is 5.68. The first-order valence-electron chi connectivity index (χ1n) is 10.6. The van der Waals surface area contributed by atoms with E-state index in [-0.39, 0.29) is 11.1 Å². The van der Waals surface area contributed by atoms with Gasteiger partial charge in [0, 0.05) is 37.2 Å². The molecule has 1 atom stereocenters. The first-order valence-corrected chi connectivity index (χ1v) is 13.3. The van der Waals surface area contributed by atoms with Crippen molar-refractivity contribution >= 4 is 27.3 Å². The molecule has 1 fully saturated rings. The number of sulfone groups is 1. The molecular weight excluding hydrogens is 450 g/mol. The Morgan fingerprint density at radius 1 is 1.22 bits per heavy atom. The number of ether oxygens (including phenoxy) is 1. The Morgan fingerprint density at radius 3 is 2.56 bits per heavy atom. The first-order chi connectivity index (χ1) is 15.2. The van der Waals surface area contributed by atoms with E-state index in [9.17, 15) is 8.42 Å². The van der Waals surface area contributed by atoms with Crippen molar-refractivity contribution in [2.45, 2.75) is 50.7 Å². The number of piperidine rings is 1. The number of aromatic nitrogens is 4. The predicted molar refractivity (Wildman–Crippen MR) is 122 cm³/mol. The SMILES string of the molecule is CC(C)c1cc(N2CCC(C(C)Oc3nsc(-c4ccc(S(C)(=O)=O)nc4)n3)CC2)on1. The van der Waals surface area contributed by atoms with Crippen LogP contribution in [0.3, 0.4) is 0 Å². The minimum Gasteiger partial charge on any atom is -0.460 e. The van der Waals surface area contributed by atoms with Crippen LogP contribution in [0.15, 0.2) is 33.9 Å². The second kappa shape index (κ2) is 9.14. The second-order valence-electron chi connectivity index (χ2n) is 8.43. The smallest absolute Gasteiger partial charge is 0.329 e. The Bertz CT molecular complexity index is 1150. The topological polar surface area (TPSA) is 111 Å². The van der Waals surface area contributed by atoms with Crippen LogP contribution in [0.5, 0.6) is 6.01 Å². The van der Waals surface area contributed by atoms with Gasteiger partial charge < -0.3 is 14.2 Å². The lowest BCUT2D eigenvalue weighted by molar-refractivity contribution is 0.122. The lowest BCUT2D eigenvalue weighted by Gasteiger charge is -2.33. The summed E-state index contributed by atoms with van der Waals surface area (Å²) in [6.07, 6.45) is 4.56. The molecule has 1 saturated heterocycles. The van der Waals surface area contributed by atoms with Crippen LogP contribution in [0, 0.1) is 5.92 Å². The molecule has 0 N–H and O–H groups in total. The monoisotopic (exact) mass is 477 g/mol. The van der Waals surface area contributed by atoms with Gasteiger partial charge in [0.2, 0.25) is 5.88 Å². The highest BCUT2D eigenvalue weighted by molar-refractivity contribution is 7.90. The van der Waals surface area contributed by atoms with Crippen LogP contribution in [-0.4, -0.2) is 53.4 Å². The summed E-state index contributed by atoms with van der Waals surface area (Å²) >= 11 is 1.20. The molecule has 0 bridgehead atoms. The molecule has 4 rings (SSSR count). The zero-order chi connectivity index (χ0) is 22.9. The highest BCUT2D eigenvalue weighted by Gasteiger charge is 2.28. The van der Waals surface area contributed by atoms with E-state index in [4.69, 9.17) is 9.26 Å². The van der Waals surface area contributed by atoms with Crippen molar-refractivity contribution in [2.24, 2.45) is 5.92 Å². The molecule has 4 heterocycles. The van der Waals surface area contributed by atoms with Gasteiger partial charge in [0.1, 0.15) is 11.1 Å². The molecule has 172 valence electrons. The van der Waals surface area contributed by atoms with Gasteiger partial charge >= 0.3 is 6.01 Å². The Kier molecular flexibility index (Phi) is 6.47. The average Bonchev–Trinajstić information content (AvgIpc) is 3.43. The minimum atomic E-state index is -3.33. The van der Waals surface area contributed by atoms with Gasteiger partial charge in [0.15, 0.2) is 14.9 Å². The van der Waals surface area contributed by atoms with E-state index in [2.05, 4.69) is 45.2 Å². The third kappa shape index (κ3) is 5.09. The van der Waals surface area contributed by atoms with Gasteiger partial charge in [-0.2, -0.15) is 4.98 Å². The standard InChI is InChI=1S/C21H27N5O4S2/c1-13(2)17-11-19(30-24-17)26-9-7-15(8-10-26)14(3)29-21-23-20(31-25-21)16-5-6-18(22-12-16)32(4,27)28/h5-6,11-15H,7-10H2,1-4H3. The van der Waals surface area contributed by atoms with Crippen molar-refractivity contribution in [3.63, 3.8) is 0 Å². The largest absolute Gasteiger partial charge is 0.460 e. The Labute approximate surface area is 191 Å². The maximum Gasteiger partial charge on any atom is 0.329 e. The number of nitrogens with zero attached hydrogens (tertiary/aromatic N) is 5. The molecule has 11 heteroatoms. The van der Waals surface area contributed by atoms with Gasteiger partial charge in [0.25, 0.3) is 0 Å². The van der Waals surface area contributed by atoms with Crippen LogP contribution in [-0.2, 0) is 9.84 Å². The average molecular weight is 478 g/mol. The molecule has 0 aromatic carbocycles. The molecule has 3 aromatic rings. The van der Waals surface area contributed by atoms with Gasteiger partial charge in [-0.1, -0.05) is 19.0 Å². The zero-order valence-corrected chi connectivity index (χ0v) is 20.2. The van der Waals surface area contributed by atoms with Crippen LogP contribution in [0.2, 0.25) is 0 Å². The molecule has 0 saturated carbocycles. The fourth-order valence-electron chi connectivity index (χ4n) is 3.65. The zero-order valence-electron chi connectivity index (χ0n) is 18.6.